The summed E-state index contributed by atoms with van der Waals surface area (Å²) >= 11 is 0. The third kappa shape index (κ3) is 3.20. The number of rotatable bonds is 4. The van der Waals surface area contributed by atoms with Gasteiger partial charge in [0.1, 0.15) is 0 Å². The van der Waals surface area contributed by atoms with E-state index in [9.17, 15) is 4.79 Å². The molecule has 0 fully saturated rings. The summed E-state index contributed by atoms with van der Waals surface area (Å²) in [6.07, 6.45) is 7.36. The first kappa shape index (κ1) is 16.3. The molecule has 0 aliphatic rings. The molecular weight excluding hydrogens is 300 g/mol. The molecule has 2 heterocycles. The Morgan fingerprint density at radius 1 is 1.29 bits per heavy atom. The van der Waals surface area contributed by atoms with Gasteiger partial charge in [0.15, 0.2) is 0 Å². The maximum atomic E-state index is 12.9. The summed E-state index contributed by atoms with van der Waals surface area (Å²) in [5.41, 5.74) is 1.71. The number of aromatic nitrogens is 3. The van der Waals surface area contributed by atoms with Crippen LogP contribution in [0.4, 0.5) is 0 Å². The Balaban J connectivity index is 1.87. The molecular formula is C19H24N4O. The van der Waals surface area contributed by atoms with Crippen LogP contribution in [0.25, 0.3) is 10.9 Å². The fourth-order valence-electron chi connectivity index (χ4n) is 2.90. The number of carbonyl (C=O) groups excluding carboxylic acids is 1. The molecule has 2 aromatic heterocycles. The lowest BCUT2D eigenvalue weighted by Crippen LogP contribution is -2.46. The summed E-state index contributed by atoms with van der Waals surface area (Å²) in [6, 6.07) is 7.97. The Morgan fingerprint density at radius 2 is 2.04 bits per heavy atom. The molecule has 1 unspecified atom stereocenters. The predicted octanol–water partition coefficient (Wildman–Crippen LogP) is 3.22. The number of nitrogens with one attached hydrogen (secondary N) is 1. The van der Waals surface area contributed by atoms with E-state index in [1.165, 1.54) is 0 Å². The van der Waals surface area contributed by atoms with E-state index in [0.717, 1.165) is 10.9 Å². The van der Waals surface area contributed by atoms with E-state index in [1.54, 1.807) is 12.5 Å². The number of carbonyl (C=O) groups is 1. The minimum Gasteiger partial charge on any atom is -0.350 e. The number of benzene rings is 1. The molecule has 126 valence electrons. The number of fused-ring (bicyclic) bond motifs is 1. The Morgan fingerprint density at radius 3 is 2.71 bits per heavy atom. The minimum atomic E-state index is -0.0650. The van der Waals surface area contributed by atoms with Gasteiger partial charge in [-0.3, -0.25) is 4.79 Å². The second-order valence-corrected chi connectivity index (χ2v) is 7.32. The van der Waals surface area contributed by atoms with Crippen molar-refractivity contribution in [3.05, 3.63) is 54.7 Å². The molecule has 0 saturated carbocycles. The van der Waals surface area contributed by atoms with Crippen LogP contribution in [0.2, 0.25) is 0 Å². The van der Waals surface area contributed by atoms with E-state index >= 15 is 0 Å². The Kier molecular flexibility index (Phi) is 4.18. The zero-order valence-electron chi connectivity index (χ0n) is 14.7. The SMILES string of the molecule is Cn1cc(C(=O)NC(Cn2ccnc2)C(C)(C)C)c2ccccc21. The van der Waals surface area contributed by atoms with Gasteiger partial charge in [-0.15, -0.1) is 0 Å². The maximum Gasteiger partial charge on any atom is 0.253 e. The van der Waals surface area contributed by atoms with Crippen molar-refractivity contribution in [3.8, 4) is 0 Å². The van der Waals surface area contributed by atoms with Gasteiger partial charge >= 0.3 is 0 Å². The van der Waals surface area contributed by atoms with Gasteiger partial charge in [-0.25, -0.2) is 4.98 Å². The summed E-state index contributed by atoms with van der Waals surface area (Å²) in [5.74, 6) is -0.0353. The lowest BCUT2D eigenvalue weighted by Gasteiger charge is -2.31. The second-order valence-electron chi connectivity index (χ2n) is 7.32. The molecule has 0 spiro atoms. The van der Waals surface area contributed by atoms with E-state index in [1.807, 2.05) is 52.8 Å². The number of imidazole rings is 1. The van der Waals surface area contributed by atoms with Crippen molar-refractivity contribution in [2.45, 2.75) is 33.4 Å². The molecule has 1 N–H and O–H groups in total. The van der Waals surface area contributed by atoms with Crippen molar-refractivity contribution in [1.29, 1.82) is 0 Å². The topological polar surface area (TPSA) is 51.9 Å². The zero-order valence-corrected chi connectivity index (χ0v) is 14.7. The number of hydrogen-bond donors (Lipinski definition) is 1. The molecule has 0 bridgehead atoms. The fourth-order valence-corrected chi connectivity index (χ4v) is 2.90. The molecule has 1 atom stereocenters. The highest BCUT2D eigenvalue weighted by Gasteiger charge is 2.27. The van der Waals surface area contributed by atoms with E-state index in [0.29, 0.717) is 12.1 Å². The van der Waals surface area contributed by atoms with Crippen LogP contribution in [0.5, 0.6) is 0 Å². The second kappa shape index (κ2) is 6.15. The molecule has 3 rings (SSSR count). The summed E-state index contributed by atoms with van der Waals surface area (Å²) in [7, 11) is 1.96. The van der Waals surface area contributed by atoms with E-state index in [-0.39, 0.29) is 17.4 Å². The van der Waals surface area contributed by atoms with E-state index in [4.69, 9.17) is 0 Å². The van der Waals surface area contributed by atoms with Crippen LogP contribution in [0.1, 0.15) is 31.1 Å². The largest absolute Gasteiger partial charge is 0.350 e. The lowest BCUT2D eigenvalue weighted by atomic mass is 9.86. The molecule has 24 heavy (non-hydrogen) atoms. The first-order valence-corrected chi connectivity index (χ1v) is 8.17. The molecule has 1 amide bonds. The van der Waals surface area contributed by atoms with Gasteiger partial charge in [0.2, 0.25) is 0 Å². The quantitative estimate of drug-likeness (QED) is 0.801. The van der Waals surface area contributed by atoms with E-state index < -0.39 is 0 Å². The third-order valence-electron chi connectivity index (χ3n) is 4.44. The summed E-state index contributed by atoms with van der Waals surface area (Å²) in [5, 5.41) is 4.20. The van der Waals surface area contributed by atoms with E-state index in [2.05, 4.69) is 31.1 Å². The summed E-state index contributed by atoms with van der Waals surface area (Å²) in [6.45, 7) is 7.11. The summed E-state index contributed by atoms with van der Waals surface area (Å²) < 4.78 is 3.99. The Labute approximate surface area is 142 Å². The number of amides is 1. The standard InChI is InChI=1S/C19H24N4O/c1-19(2,3)17(12-23-10-9-20-13-23)21-18(24)15-11-22(4)16-8-6-5-7-14(15)16/h5-11,13,17H,12H2,1-4H3,(H,21,24). The molecule has 3 aromatic rings. The van der Waals surface area contributed by atoms with Crippen molar-refractivity contribution < 1.29 is 4.79 Å². The summed E-state index contributed by atoms with van der Waals surface area (Å²) in [4.78, 5) is 17.0. The van der Waals surface area contributed by atoms with Gasteiger partial charge < -0.3 is 14.5 Å². The molecule has 0 aliphatic carbocycles. The Bertz CT molecular complexity index is 840. The first-order valence-electron chi connectivity index (χ1n) is 8.17. The molecule has 1 aromatic carbocycles. The number of aryl methyl sites for hydroxylation is 1. The predicted molar refractivity (Wildman–Crippen MR) is 95.9 cm³/mol. The van der Waals surface area contributed by atoms with Crippen molar-refractivity contribution >= 4 is 16.8 Å². The maximum absolute atomic E-state index is 12.9. The minimum absolute atomic E-state index is 0.00170. The van der Waals surface area contributed by atoms with Crippen molar-refractivity contribution in [2.75, 3.05) is 0 Å². The van der Waals surface area contributed by atoms with Crippen LogP contribution >= 0.6 is 0 Å². The van der Waals surface area contributed by atoms with Crippen molar-refractivity contribution in [1.82, 2.24) is 19.4 Å². The number of para-hydroxylation sites is 1. The van der Waals surface area contributed by atoms with Crippen LogP contribution in [-0.2, 0) is 13.6 Å². The first-order chi connectivity index (χ1) is 11.4. The zero-order chi connectivity index (χ0) is 17.3. The van der Waals surface area contributed by atoms with Crippen LogP contribution in [-0.4, -0.2) is 26.1 Å². The Hall–Kier alpha value is -2.56. The van der Waals surface area contributed by atoms with Crippen LogP contribution in [0.3, 0.4) is 0 Å². The molecule has 5 heteroatoms. The average Bonchev–Trinajstić information content (AvgIpc) is 3.14. The van der Waals surface area contributed by atoms with Gasteiger partial charge in [-0.05, 0) is 11.5 Å². The molecule has 0 aliphatic heterocycles. The normalized spacial score (nSPS) is 13.2. The van der Waals surface area contributed by atoms with Crippen molar-refractivity contribution in [3.63, 3.8) is 0 Å². The van der Waals surface area contributed by atoms with Gasteiger partial charge in [0, 0.05) is 43.1 Å². The highest BCUT2D eigenvalue weighted by Crippen LogP contribution is 2.24. The van der Waals surface area contributed by atoms with Crippen molar-refractivity contribution in [2.24, 2.45) is 12.5 Å². The third-order valence-corrected chi connectivity index (χ3v) is 4.44. The highest BCUT2D eigenvalue weighted by atomic mass is 16.1. The van der Waals surface area contributed by atoms with Crippen LogP contribution < -0.4 is 5.32 Å². The van der Waals surface area contributed by atoms with Gasteiger partial charge in [-0.2, -0.15) is 0 Å². The smallest absolute Gasteiger partial charge is 0.253 e. The van der Waals surface area contributed by atoms with Gasteiger partial charge in [0.05, 0.1) is 17.9 Å². The van der Waals surface area contributed by atoms with Gasteiger partial charge in [-0.1, -0.05) is 39.0 Å². The number of nitrogens with zero attached hydrogens (tertiary/aromatic N) is 3. The number of hydrogen-bond acceptors (Lipinski definition) is 2. The monoisotopic (exact) mass is 324 g/mol. The fraction of sp³-hybridized carbons (Fsp3) is 0.368. The average molecular weight is 324 g/mol. The van der Waals surface area contributed by atoms with Crippen LogP contribution in [0.15, 0.2) is 49.2 Å². The molecule has 5 nitrogen and oxygen atoms in total. The van der Waals surface area contributed by atoms with Gasteiger partial charge in [0.25, 0.3) is 5.91 Å². The lowest BCUT2D eigenvalue weighted by molar-refractivity contribution is 0.0894. The molecule has 0 radical (unpaired) electrons. The van der Waals surface area contributed by atoms with Crippen LogP contribution in [0, 0.1) is 5.41 Å². The molecule has 0 saturated heterocycles. The highest BCUT2D eigenvalue weighted by molar-refractivity contribution is 6.07.